The van der Waals surface area contributed by atoms with Gasteiger partial charge in [-0.15, -0.1) is 0 Å². The van der Waals surface area contributed by atoms with Gasteiger partial charge in [-0.2, -0.15) is 4.98 Å². The fourth-order valence-corrected chi connectivity index (χ4v) is 1.87. The van der Waals surface area contributed by atoms with Crippen LogP contribution in [0.2, 0.25) is 0 Å². The van der Waals surface area contributed by atoms with Gasteiger partial charge in [-0.05, 0) is 30.5 Å². The molecule has 0 unspecified atom stereocenters. The molecule has 3 N–H and O–H groups in total. The average molecular weight is 270 g/mol. The number of nitrogen functional groups attached to an aromatic ring is 1. The molecule has 20 heavy (non-hydrogen) atoms. The van der Waals surface area contributed by atoms with E-state index in [4.69, 9.17) is 15.9 Å². The Balaban J connectivity index is 2.37. The first kappa shape index (κ1) is 14.0. The zero-order chi connectivity index (χ0) is 14.7. The largest absolute Gasteiger partial charge is 0.424 e. The minimum atomic E-state index is -0.0995. The lowest BCUT2D eigenvalue weighted by Crippen LogP contribution is -2.14. The first-order chi connectivity index (χ1) is 9.47. The highest BCUT2D eigenvalue weighted by molar-refractivity contribution is 5.93. The van der Waals surface area contributed by atoms with Gasteiger partial charge in [-0.3, -0.25) is 5.41 Å². The van der Waals surface area contributed by atoms with Crippen molar-refractivity contribution >= 4 is 5.84 Å². The maximum Gasteiger partial charge on any atom is 0.322 e. The van der Waals surface area contributed by atoms with Crippen LogP contribution in [0.15, 0.2) is 30.3 Å². The quantitative estimate of drug-likeness (QED) is 0.660. The summed E-state index contributed by atoms with van der Waals surface area (Å²) < 4.78 is 5.77. The normalized spacial score (nSPS) is 10.6. The van der Waals surface area contributed by atoms with Crippen LogP contribution in [0.1, 0.15) is 36.7 Å². The summed E-state index contributed by atoms with van der Waals surface area (Å²) in [6.45, 7) is 6.01. The zero-order valence-corrected chi connectivity index (χ0v) is 11.8. The Morgan fingerprint density at radius 2 is 1.95 bits per heavy atom. The predicted molar refractivity (Wildman–Crippen MR) is 78.4 cm³/mol. The fraction of sp³-hybridized carbons (Fsp3) is 0.267. The number of hydrogen-bond donors (Lipinski definition) is 2. The van der Waals surface area contributed by atoms with E-state index in [9.17, 15) is 0 Å². The van der Waals surface area contributed by atoms with Gasteiger partial charge in [-0.1, -0.05) is 32.0 Å². The molecule has 0 spiro atoms. The van der Waals surface area contributed by atoms with Gasteiger partial charge < -0.3 is 10.5 Å². The van der Waals surface area contributed by atoms with Gasteiger partial charge in [0.2, 0.25) is 0 Å². The van der Waals surface area contributed by atoms with Gasteiger partial charge in [0, 0.05) is 5.69 Å². The molecule has 0 saturated carbocycles. The summed E-state index contributed by atoms with van der Waals surface area (Å²) in [5.74, 6) is 0.961. The number of ether oxygens (including phenoxy) is 1. The van der Waals surface area contributed by atoms with Crippen LogP contribution in [0.5, 0.6) is 11.8 Å². The van der Waals surface area contributed by atoms with Gasteiger partial charge in [0.25, 0.3) is 0 Å². The standard InChI is InChI=1S/C15H18N4O/c1-9(2)11-6-4-5-7-13(11)20-15-18-10(3)8-12(19-15)14(16)17/h4-9H,1-3H3,(H3,16,17). The number of amidine groups is 1. The molecular formula is C15H18N4O. The van der Waals surface area contributed by atoms with E-state index in [1.807, 2.05) is 31.2 Å². The molecule has 0 radical (unpaired) electrons. The van der Waals surface area contributed by atoms with Gasteiger partial charge in [0.1, 0.15) is 17.3 Å². The molecule has 0 bridgehead atoms. The molecule has 0 aliphatic carbocycles. The Morgan fingerprint density at radius 3 is 2.60 bits per heavy atom. The van der Waals surface area contributed by atoms with E-state index in [-0.39, 0.29) is 11.8 Å². The number of rotatable bonds is 4. The van der Waals surface area contributed by atoms with Crippen molar-refractivity contribution in [1.82, 2.24) is 9.97 Å². The Labute approximate surface area is 118 Å². The van der Waals surface area contributed by atoms with Crippen molar-refractivity contribution in [2.75, 3.05) is 0 Å². The molecule has 1 aromatic heterocycles. The van der Waals surface area contributed by atoms with Crippen molar-refractivity contribution in [3.05, 3.63) is 47.3 Å². The molecule has 0 aliphatic heterocycles. The monoisotopic (exact) mass is 270 g/mol. The molecule has 5 nitrogen and oxygen atoms in total. The molecule has 0 fully saturated rings. The van der Waals surface area contributed by atoms with Crippen molar-refractivity contribution in [2.45, 2.75) is 26.7 Å². The second kappa shape index (κ2) is 5.69. The Morgan fingerprint density at radius 1 is 1.25 bits per heavy atom. The number of para-hydroxylation sites is 1. The van der Waals surface area contributed by atoms with Crippen molar-refractivity contribution in [3.63, 3.8) is 0 Å². The lowest BCUT2D eigenvalue weighted by molar-refractivity contribution is 0.432. The molecule has 0 atom stereocenters. The lowest BCUT2D eigenvalue weighted by atomic mass is 10.0. The van der Waals surface area contributed by atoms with Crippen molar-refractivity contribution < 1.29 is 4.74 Å². The van der Waals surface area contributed by atoms with Crippen LogP contribution in [0.4, 0.5) is 0 Å². The highest BCUT2D eigenvalue weighted by Crippen LogP contribution is 2.28. The SMILES string of the molecule is Cc1cc(C(=N)N)nc(Oc2ccccc2C(C)C)n1. The Kier molecular flexibility index (Phi) is 3.98. The number of aromatic nitrogens is 2. The van der Waals surface area contributed by atoms with Gasteiger partial charge >= 0.3 is 6.01 Å². The van der Waals surface area contributed by atoms with E-state index in [0.717, 1.165) is 11.3 Å². The van der Waals surface area contributed by atoms with Crippen LogP contribution in [0.25, 0.3) is 0 Å². The number of benzene rings is 1. The minimum Gasteiger partial charge on any atom is -0.424 e. The van der Waals surface area contributed by atoms with Crippen LogP contribution in [-0.2, 0) is 0 Å². The fourth-order valence-electron chi connectivity index (χ4n) is 1.87. The van der Waals surface area contributed by atoms with Gasteiger partial charge in [-0.25, -0.2) is 4.98 Å². The number of nitrogens with two attached hydrogens (primary N) is 1. The third kappa shape index (κ3) is 3.12. The number of aryl methyl sites for hydroxylation is 1. The van der Waals surface area contributed by atoms with Gasteiger partial charge in [0.05, 0.1) is 0 Å². The summed E-state index contributed by atoms with van der Waals surface area (Å²) in [4.78, 5) is 8.37. The minimum absolute atomic E-state index is 0.0995. The van der Waals surface area contributed by atoms with E-state index < -0.39 is 0 Å². The van der Waals surface area contributed by atoms with Crippen molar-refractivity contribution in [2.24, 2.45) is 5.73 Å². The molecule has 0 amide bonds. The van der Waals surface area contributed by atoms with Crippen molar-refractivity contribution in [1.29, 1.82) is 5.41 Å². The van der Waals surface area contributed by atoms with E-state index in [2.05, 4.69) is 23.8 Å². The second-order valence-corrected chi connectivity index (χ2v) is 4.89. The predicted octanol–water partition coefficient (Wildman–Crippen LogP) is 2.98. The summed E-state index contributed by atoms with van der Waals surface area (Å²) in [5.41, 5.74) is 7.63. The molecule has 104 valence electrons. The Hall–Kier alpha value is -2.43. The number of nitrogens with one attached hydrogen (secondary N) is 1. The average Bonchev–Trinajstić information content (AvgIpc) is 2.38. The topological polar surface area (TPSA) is 84.9 Å². The Bertz CT molecular complexity index is 638. The lowest BCUT2D eigenvalue weighted by Gasteiger charge is -2.13. The molecule has 0 saturated heterocycles. The maximum atomic E-state index is 7.45. The summed E-state index contributed by atoms with van der Waals surface area (Å²) in [6, 6.07) is 9.64. The number of nitrogens with zero attached hydrogens (tertiary/aromatic N) is 2. The van der Waals surface area contributed by atoms with E-state index in [1.54, 1.807) is 6.07 Å². The zero-order valence-electron chi connectivity index (χ0n) is 11.8. The molecule has 2 rings (SSSR count). The molecule has 5 heteroatoms. The first-order valence-corrected chi connectivity index (χ1v) is 6.44. The molecule has 1 aromatic carbocycles. The smallest absolute Gasteiger partial charge is 0.322 e. The van der Waals surface area contributed by atoms with Crippen LogP contribution in [-0.4, -0.2) is 15.8 Å². The van der Waals surface area contributed by atoms with Crippen LogP contribution in [0, 0.1) is 12.3 Å². The third-order valence-corrected chi connectivity index (χ3v) is 2.85. The van der Waals surface area contributed by atoms with Gasteiger partial charge in [0.15, 0.2) is 0 Å². The second-order valence-electron chi connectivity index (χ2n) is 4.89. The van der Waals surface area contributed by atoms with Crippen LogP contribution < -0.4 is 10.5 Å². The van der Waals surface area contributed by atoms with E-state index >= 15 is 0 Å². The van der Waals surface area contributed by atoms with Crippen LogP contribution in [0.3, 0.4) is 0 Å². The molecule has 0 aliphatic rings. The third-order valence-electron chi connectivity index (χ3n) is 2.85. The van der Waals surface area contributed by atoms with E-state index in [0.29, 0.717) is 17.3 Å². The highest BCUT2D eigenvalue weighted by atomic mass is 16.5. The molecule has 1 heterocycles. The molecular weight excluding hydrogens is 252 g/mol. The molecule has 2 aromatic rings. The summed E-state index contributed by atoms with van der Waals surface area (Å²) >= 11 is 0. The van der Waals surface area contributed by atoms with Crippen LogP contribution >= 0.6 is 0 Å². The highest BCUT2D eigenvalue weighted by Gasteiger charge is 2.11. The first-order valence-electron chi connectivity index (χ1n) is 6.44. The summed E-state index contributed by atoms with van der Waals surface area (Å²) in [6.07, 6.45) is 0. The summed E-state index contributed by atoms with van der Waals surface area (Å²) in [5, 5.41) is 7.45. The maximum absolute atomic E-state index is 7.45. The van der Waals surface area contributed by atoms with E-state index in [1.165, 1.54) is 0 Å². The number of hydrogen-bond acceptors (Lipinski definition) is 4. The van der Waals surface area contributed by atoms with Crippen molar-refractivity contribution in [3.8, 4) is 11.8 Å². The summed E-state index contributed by atoms with van der Waals surface area (Å²) in [7, 11) is 0.